The second-order valence-electron chi connectivity index (χ2n) is 2.71. The molecule has 0 aromatic heterocycles. The number of halogens is 2. The number of benzene rings is 1. The molecular formula is C8H8BrClN2O2. The fraction of sp³-hybridized carbons (Fsp3) is 0.125. The molecular weight excluding hydrogens is 271 g/mol. The van der Waals surface area contributed by atoms with Crippen molar-refractivity contribution < 1.29 is 9.90 Å². The minimum atomic E-state index is -1.11. The summed E-state index contributed by atoms with van der Waals surface area (Å²) >= 11 is 8.92. The molecule has 0 bridgehead atoms. The summed E-state index contributed by atoms with van der Waals surface area (Å²) in [7, 11) is 0. The zero-order valence-electron chi connectivity index (χ0n) is 7.00. The summed E-state index contributed by atoms with van der Waals surface area (Å²) < 4.78 is 0.539. The van der Waals surface area contributed by atoms with Gasteiger partial charge in [-0.05, 0) is 33.6 Å². The first-order valence-corrected chi connectivity index (χ1v) is 4.83. The third-order valence-corrected chi connectivity index (χ3v) is 2.70. The Morgan fingerprint density at radius 3 is 2.57 bits per heavy atom. The molecule has 14 heavy (non-hydrogen) atoms. The predicted molar refractivity (Wildman–Crippen MR) is 58.1 cm³/mol. The number of nitrogen functional groups attached to an aromatic ring is 1. The van der Waals surface area contributed by atoms with Crippen molar-refractivity contribution in [1.82, 2.24) is 0 Å². The average molecular weight is 280 g/mol. The fourth-order valence-electron chi connectivity index (χ4n) is 0.926. The fourth-order valence-corrected chi connectivity index (χ4v) is 1.75. The van der Waals surface area contributed by atoms with Crippen molar-refractivity contribution in [1.29, 1.82) is 0 Å². The van der Waals surface area contributed by atoms with E-state index in [1.807, 2.05) is 0 Å². The van der Waals surface area contributed by atoms with E-state index in [2.05, 4.69) is 15.9 Å². The van der Waals surface area contributed by atoms with Gasteiger partial charge in [-0.2, -0.15) is 0 Å². The molecule has 0 radical (unpaired) electrons. The van der Waals surface area contributed by atoms with Gasteiger partial charge in [0.2, 0.25) is 0 Å². The second kappa shape index (κ2) is 4.16. The van der Waals surface area contributed by atoms with Crippen molar-refractivity contribution >= 4 is 39.2 Å². The maximum Gasteiger partial charge on any atom is 0.325 e. The van der Waals surface area contributed by atoms with Gasteiger partial charge in [0.25, 0.3) is 0 Å². The van der Waals surface area contributed by atoms with Gasteiger partial charge in [0.1, 0.15) is 6.04 Å². The second-order valence-corrected chi connectivity index (χ2v) is 3.98. The Hall–Kier alpha value is -0.780. The van der Waals surface area contributed by atoms with Crippen LogP contribution in [0.5, 0.6) is 0 Å². The van der Waals surface area contributed by atoms with Gasteiger partial charge >= 0.3 is 5.97 Å². The van der Waals surface area contributed by atoms with Crippen molar-refractivity contribution in [3.63, 3.8) is 0 Å². The Morgan fingerprint density at radius 2 is 2.14 bits per heavy atom. The average Bonchev–Trinajstić information content (AvgIpc) is 2.12. The Labute approximate surface area is 94.0 Å². The number of carboxylic acids is 1. The smallest absolute Gasteiger partial charge is 0.325 e. The largest absolute Gasteiger partial charge is 0.480 e. The van der Waals surface area contributed by atoms with E-state index >= 15 is 0 Å². The maximum atomic E-state index is 10.6. The van der Waals surface area contributed by atoms with Gasteiger partial charge in [0, 0.05) is 4.47 Å². The van der Waals surface area contributed by atoms with Crippen LogP contribution in [0.15, 0.2) is 16.6 Å². The van der Waals surface area contributed by atoms with Gasteiger partial charge in [-0.3, -0.25) is 4.79 Å². The molecule has 6 heteroatoms. The van der Waals surface area contributed by atoms with Crippen LogP contribution < -0.4 is 11.5 Å². The van der Waals surface area contributed by atoms with Crippen LogP contribution >= 0.6 is 27.5 Å². The van der Waals surface area contributed by atoms with E-state index < -0.39 is 12.0 Å². The maximum absolute atomic E-state index is 10.6. The predicted octanol–water partition coefficient (Wildman–Crippen LogP) is 1.77. The molecule has 0 aliphatic carbocycles. The number of anilines is 1. The summed E-state index contributed by atoms with van der Waals surface area (Å²) in [5, 5.41) is 8.96. The molecule has 0 fully saturated rings. The number of carboxylic acid groups (broad SMARTS) is 1. The minimum absolute atomic E-state index is 0.283. The standard InChI is InChI=1S/C8H8BrClN2O2/c9-4-1-3(6(11)8(13)14)2-5(10)7(4)12/h1-2,6H,11-12H2,(H,13,14). The Balaban J connectivity index is 3.19. The quantitative estimate of drug-likeness (QED) is 0.720. The number of nitrogens with two attached hydrogens (primary N) is 2. The zero-order chi connectivity index (χ0) is 10.9. The molecule has 76 valence electrons. The molecule has 1 aromatic rings. The Kier molecular flexibility index (Phi) is 3.36. The number of rotatable bonds is 2. The molecule has 1 atom stereocenters. The van der Waals surface area contributed by atoms with Crippen LogP contribution in [0.3, 0.4) is 0 Å². The van der Waals surface area contributed by atoms with Crippen molar-refractivity contribution in [2.75, 3.05) is 5.73 Å². The molecule has 0 aliphatic rings. The third-order valence-electron chi connectivity index (χ3n) is 1.73. The number of carbonyl (C=O) groups is 1. The third kappa shape index (κ3) is 2.17. The first-order chi connectivity index (χ1) is 6.43. The first-order valence-electron chi connectivity index (χ1n) is 3.66. The lowest BCUT2D eigenvalue weighted by molar-refractivity contribution is -0.138. The Bertz CT molecular complexity index is 361. The van der Waals surface area contributed by atoms with Gasteiger partial charge in [-0.15, -0.1) is 0 Å². The first kappa shape index (κ1) is 11.3. The van der Waals surface area contributed by atoms with Gasteiger partial charge in [-0.25, -0.2) is 0 Å². The zero-order valence-corrected chi connectivity index (χ0v) is 9.34. The van der Waals surface area contributed by atoms with Crippen LogP contribution in [-0.2, 0) is 4.79 Å². The molecule has 5 N–H and O–H groups in total. The van der Waals surface area contributed by atoms with Gasteiger partial charge in [0.15, 0.2) is 0 Å². The normalized spacial score (nSPS) is 12.5. The summed E-state index contributed by atoms with van der Waals surface area (Å²) in [6.07, 6.45) is 0. The van der Waals surface area contributed by atoms with E-state index in [0.29, 0.717) is 15.7 Å². The lowest BCUT2D eigenvalue weighted by atomic mass is 10.1. The van der Waals surface area contributed by atoms with Crippen molar-refractivity contribution in [3.05, 3.63) is 27.2 Å². The van der Waals surface area contributed by atoms with Crippen LogP contribution in [0.25, 0.3) is 0 Å². The minimum Gasteiger partial charge on any atom is -0.480 e. The molecule has 0 heterocycles. The molecule has 4 nitrogen and oxygen atoms in total. The van der Waals surface area contributed by atoms with Crippen LogP contribution in [0, 0.1) is 0 Å². The Morgan fingerprint density at radius 1 is 1.57 bits per heavy atom. The molecule has 0 saturated carbocycles. The summed E-state index contributed by atoms with van der Waals surface area (Å²) in [6, 6.07) is 1.89. The summed E-state index contributed by atoms with van der Waals surface area (Å²) in [5.74, 6) is -1.11. The van der Waals surface area contributed by atoms with E-state index in [9.17, 15) is 4.79 Å². The highest BCUT2D eigenvalue weighted by atomic mass is 79.9. The molecule has 0 spiro atoms. The highest BCUT2D eigenvalue weighted by molar-refractivity contribution is 9.10. The van der Waals surface area contributed by atoms with Crippen molar-refractivity contribution in [3.8, 4) is 0 Å². The lowest BCUT2D eigenvalue weighted by Gasteiger charge is -2.09. The topological polar surface area (TPSA) is 89.3 Å². The van der Waals surface area contributed by atoms with Gasteiger partial charge in [0.05, 0.1) is 10.7 Å². The van der Waals surface area contributed by atoms with Gasteiger partial charge < -0.3 is 16.6 Å². The van der Waals surface area contributed by atoms with Crippen molar-refractivity contribution in [2.24, 2.45) is 5.73 Å². The number of hydrogen-bond acceptors (Lipinski definition) is 3. The number of hydrogen-bond donors (Lipinski definition) is 3. The van der Waals surface area contributed by atoms with Crippen molar-refractivity contribution in [2.45, 2.75) is 6.04 Å². The van der Waals surface area contributed by atoms with Gasteiger partial charge in [-0.1, -0.05) is 11.6 Å². The SMILES string of the molecule is Nc1c(Cl)cc(C(N)C(=O)O)cc1Br. The monoisotopic (exact) mass is 278 g/mol. The van der Waals surface area contributed by atoms with E-state index in [4.69, 9.17) is 28.2 Å². The highest BCUT2D eigenvalue weighted by Gasteiger charge is 2.16. The van der Waals surface area contributed by atoms with E-state index in [1.54, 1.807) is 6.07 Å². The van der Waals surface area contributed by atoms with Crippen LogP contribution in [0.1, 0.15) is 11.6 Å². The lowest BCUT2D eigenvalue weighted by Crippen LogP contribution is -2.20. The molecule has 1 rings (SSSR count). The van der Waals surface area contributed by atoms with E-state index in [1.165, 1.54) is 6.07 Å². The summed E-state index contributed by atoms with van der Waals surface area (Å²) in [4.78, 5) is 10.6. The molecule has 1 unspecified atom stereocenters. The molecule has 1 aromatic carbocycles. The van der Waals surface area contributed by atoms with E-state index in [0.717, 1.165) is 0 Å². The molecule has 0 saturated heterocycles. The van der Waals surface area contributed by atoms with Crippen LogP contribution in [0.4, 0.5) is 5.69 Å². The van der Waals surface area contributed by atoms with Crippen LogP contribution in [-0.4, -0.2) is 11.1 Å². The summed E-state index contributed by atoms with van der Waals surface area (Å²) in [6.45, 7) is 0. The number of aliphatic carboxylic acids is 1. The summed E-state index contributed by atoms with van der Waals surface area (Å²) in [5.41, 5.74) is 11.7. The van der Waals surface area contributed by atoms with Crippen LogP contribution in [0.2, 0.25) is 5.02 Å². The highest BCUT2D eigenvalue weighted by Crippen LogP contribution is 2.30. The van der Waals surface area contributed by atoms with E-state index in [-0.39, 0.29) is 5.02 Å². The molecule has 0 amide bonds. The molecule has 0 aliphatic heterocycles.